The summed E-state index contributed by atoms with van der Waals surface area (Å²) in [5, 5.41) is 0. The minimum atomic E-state index is 0.446. The molecule has 0 fully saturated rings. The van der Waals surface area contributed by atoms with Gasteiger partial charge < -0.3 is 0 Å². The monoisotopic (exact) mass is 256 g/mol. The van der Waals surface area contributed by atoms with Crippen LogP contribution in [0.3, 0.4) is 0 Å². The van der Waals surface area contributed by atoms with Crippen LogP contribution in [-0.4, -0.2) is 9.97 Å². The molecule has 1 heterocycles. The molecular weight excluding hydrogens is 236 g/mol. The zero-order valence-corrected chi connectivity index (χ0v) is 11.6. The standard InChI is InChI=1S/C15H20N4/c1-10(2)8-12-4-6-13(7-5-12)14-9-11(3)17-15(18-14)19-16/h4-7,9-10H,8,16H2,1-3H3,(H,17,18,19). The Morgan fingerprint density at radius 3 is 2.42 bits per heavy atom. The maximum atomic E-state index is 5.37. The summed E-state index contributed by atoms with van der Waals surface area (Å²) in [6, 6.07) is 10.5. The molecule has 100 valence electrons. The molecule has 2 rings (SSSR count). The first-order valence-corrected chi connectivity index (χ1v) is 6.50. The molecule has 19 heavy (non-hydrogen) atoms. The maximum Gasteiger partial charge on any atom is 0.237 e. The third-order valence-corrected chi connectivity index (χ3v) is 2.88. The van der Waals surface area contributed by atoms with E-state index in [1.54, 1.807) is 0 Å². The summed E-state index contributed by atoms with van der Waals surface area (Å²) in [6.45, 7) is 6.38. The summed E-state index contributed by atoms with van der Waals surface area (Å²) in [4.78, 5) is 8.55. The number of aromatic nitrogens is 2. The van der Waals surface area contributed by atoms with Crippen LogP contribution < -0.4 is 11.3 Å². The van der Waals surface area contributed by atoms with Gasteiger partial charge in [-0.05, 0) is 30.9 Å². The van der Waals surface area contributed by atoms with Crippen LogP contribution in [0.5, 0.6) is 0 Å². The molecule has 1 aromatic heterocycles. The Morgan fingerprint density at radius 1 is 1.16 bits per heavy atom. The molecule has 0 radical (unpaired) electrons. The second-order valence-electron chi connectivity index (χ2n) is 5.16. The fourth-order valence-corrected chi connectivity index (χ4v) is 2.06. The maximum absolute atomic E-state index is 5.37. The van der Waals surface area contributed by atoms with Gasteiger partial charge in [-0.25, -0.2) is 15.8 Å². The van der Waals surface area contributed by atoms with Gasteiger partial charge in [0.25, 0.3) is 0 Å². The summed E-state index contributed by atoms with van der Waals surface area (Å²) < 4.78 is 0. The quantitative estimate of drug-likeness (QED) is 0.652. The van der Waals surface area contributed by atoms with Crippen molar-refractivity contribution in [3.05, 3.63) is 41.6 Å². The number of nitrogens with two attached hydrogens (primary N) is 1. The fourth-order valence-electron chi connectivity index (χ4n) is 2.06. The van der Waals surface area contributed by atoms with E-state index >= 15 is 0 Å². The van der Waals surface area contributed by atoms with Gasteiger partial charge in [0.1, 0.15) is 0 Å². The number of aryl methyl sites for hydroxylation is 1. The number of benzene rings is 1. The smallest absolute Gasteiger partial charge is 0.237 e. The van der Waals surface area contributed by atoms with Crippen LogP contribution in [0, 0.1) is 12.8 Å². The number of nitrogens with zero attached hydrogens (tertiary/aromatic N) is 2. The largest absolute Gasteiger partial charge is 0.292 e. The lowest BCUT2D eigenvalue weighted by Crippen LogP contribution is -2.11. The second-order valence-corrected chi connectivity index (χ2v) is 5.16. The van der Waals surface area contributed by atoms with Gasteiger partial charge in [0, 0.05) is 11.3 Å². The van der Waals surface area contributed by atoms with Gasteiger partial charge in [-0.3, -0.25) is 5.43 Å². The molecule has 1 aromatic carbocycles. The SMILES string of the molecule is Cc1cc(-c2ccc(CC(C)C)cc2)nc(NN)n1. The Hall–Kier alpha value is -1.94. The summed E-state index contributed by atoms with van der Waals surface area (Å²) in [6.07, 6.45) is 1.10. The topological polar surface area (TPSA) is 63.8 Å². The lowest BCUT2D eigenvalue weighted by Gasteiger charge is -2.08. The summed E-state index contributed by atoms with van der Waals surface area (Å²) in [7, 11) is 0. The molecule has 0 aliphatic rings. The summed E-state index contributed by atoms with van der Waals surface area (Å²) >= 11 is 0. The van der Waals surface area contributed by atoms with Crippen LogP contribution in [0.25, 0.3) is 11.3 Å². The Bertz CT molecular complexity index is 547. The predicted octanol–water partition coefficient (Wildman–Crippen LogP) is 2.94. The number of nitrogens with one attached hydrogen (secondary N) is 1. The molecule has 3 N–H and O–H groups in total. The normalized spacial score (nSPS) is 10.8. The van der Waals surface area contributed by atoms with E-state index in [0.717, 1.165) is 23.4 Å². The number of nitrogen functional groups attached to an aromatic ring is 1. The first-order valence-electron chi connectivity index (χ1n) is 6.50. The first-order chi connectivity index (χ1) is 9.08. The van der Waals surface area contributed by atoms with Gasteiger partial charge in [0.15, 0.2) is 0 Å². The van der Waals surface area contributed by atoms with Crippen molar-refractivity contribution in [3.63, 3.8) is 0 Å². The number of hydrogen-bond acceptors (Lipinski definition) is 4. The van der Waals surface area contributed by atoms with Crippen molar-refractivity contribution in [1.29, 1.82) is 0 Å². The molecule has 0 aliphatic carbocycles. The second kappa shape index (κ2) is 5.80. The number of hydrogen-bond donors (Lipinski definition) is 2. The fraction of sp³-hybridized carbons (Fsp3) is 0.333. The molecule has 0 saturated carbocycles. The Labute approximate surface area is 114 Å². The van der Waals surface area contributed by atoms with Crippen molar-refractivity contribution < 1.29 is 0 Å². The zero-order valence-electron chi connectivity index (χ0n) is 11.6. The highest BCUT2D eigenvalue weighted by Gasteiger charge is 2.04. The third-order valence-electron chi connectivity index (χ3n) is 2.88. The van der Waals surface area contributed by atoms with Gasteiger partial charge >= 0.3 is 0 Å². The first kappa shape index (κ1) is 13.5. The number of rotatable bonds is 4. The lowest BCUT2D eigenvalue weighted by atomic mass is 10.0. The van der Waals surface area contributed by atoms with Crippen molar-refractivity contribution in [2.24, 2.45) is 11.8 Å². The average Bonchev–Trinajstić information content (AvgIpc) is 2.38. The summed E-state index contributed by atoms with van der Waals surface area (Å²) in [5.41, 5.74) is 6.70. The Kier molecular flexibility index (Phi) is 4.12. The van der Waals surface area contributed by atoms with Crippen molar-refractivity contribution in [2.75, 3.05) is 5.43 Å². The molecule has 4 heteroatoms. The van der Waals surface area contributed by atoms with Gasteiger partial charge in [0.2, 0.25) is 5.95 Å². The molecule has 2 aromatic rings. The van der Waals surface area contributed by atoms with E-state index in [9.17, 15) is 0 Å². The van der Waals surface area contributed by atoms with Gasteiger partial charge in [-0.2, -0.15) is 0 Å². The Balaban J connectivity index is 2.29. The minimum Gasteiger partial charge on any atom is -0.292 e. The Morgan fingerprint density at radius 2 is 1.84 bits per heavy atom. The molecule has 0 spiro atoms. The van der Waals surface area contributed by atoms with Crippen LogP contribution in [0.2, 0.25) is 0 Å². The van der Waals surface area contributed by atoms with E-state index in [2.05, 4.69) is 53.5 Å². The highest BCUT2D eigenvalue weighted by molar-refractivity contribution is 5.61. The molecule has 0 unspecified atom stereocenters. The van der Waals surface area contributed by atoms with Gasteiger partial charge in [0.05, 0.1) is 5.69 Å². The zero-order chi connectivity index (χ0) is 13.8. The molecule has 0 atom stereocenters. The predicted molar refractivity (Wildman–Crippen MR) is 78.6 cm³/mol. The highest BCUT2D eigenvalue weighted by Crippen LogP contribution is 2.20. The molecule has 0 aliphatic heterocycles. The molecule has 0 amide bonds. The van der Waals surface area contributed by atoms with Gasteiger partial charge in [-0.15, -0.1) is 0 Å². The minimum absolute atomic E-state index is 0.446. The van der Waals surface area contributed by atoms with E-state index in [0.29, 0.717) is 11.9 Å². The van der Waals surface area contributed by atoms with Crippen molar-refractivity contribution in [1.82, 2.24) is 9.97 Å². The van der Waals surface area contributed by atoms with Crippen molar-refractivity contribution in [3.8, 4) is 11.3 Å². The number of hydrazine groups is 1. The van der Waals surface area contributed by atoms with E-state index in [-0.39, 0.29) is 0 Å². The molecular formula is C15H20N4. The van der Waals surface area contributed by atoms with Crippen molar-refractivity contribution in [2.45, 2.75) is 27.2 Å². The molecule has 0 saturated heterocycles. The number of anilines is 1. The van der Waals surface area contributed by atoms with Crippen LogP contribution in [-0.2, 0) is 6.42 Å². The average molecular weight is 256 g/mol. The van der Waals surface area contributed by atoms with E-state index < -0.39 is 0 Å². The van der Waals surface area contributed by atoms with Crippen LogP contribution in [0.15, 0.2) is 30.3 Å². The van der Waals surface area contributed by atoms with E-state index in [4.69, 9.17) is 5.84 Å². The summed E-state index contributed by atoms with van der Waals surface area (Å²) in [5.74, 6) is 6.48. The van der Waals surface area contributed by atoms with Crippen molar-refractivity contribution >= 4 is 5.95 Å². The third kappa shape index (κ3) is 3.51. The van der Waals surface area contributed by atoms with Crippen LogP contribution in [0.4, 0.5) is 5.95 Å². The van der Waals surface area contributed by atoms with E-state index in [1.807, 2.05) is 13.0 Å². The van der Waals surface area contributed by atoms with Gasteiger partial charge in [-0.1, -0.05) is 38.1 Å². The van der Waals surface area contributed by atoms with Crippen LogP contribution in [0.1, 0.15) is 25.1 Å². The van der Waals surface area contributed by atoms with Crippen LogP contribution >= 0.6 is 0 Å². The molecule has 4 nitrogen and oxygen atoms in total. The lowest BCUT2D eigenvalue weighted by molar-refractivity contribution is 0.647. The van der Waals surface area contributed by atoms with E-state index in [1.165, 1.54) is 5.56 Å². The highest BCUT2D eigenvalue weighted by atomic mass is 15.3. The molecule has 0 bridgehead atoms.